The Kier molecular flexibility index (Phi) is 5.74. The van der Waals surface area contributed by atoms with Crippen LogP contribution in [-0.2, 0) is 4.79 Å². The molecule has 2 aromatic carbocycles. The minimum Gasteiger partial charge on any atom is -0.550 e. The van der Waals surface area contributed by atoms with Gasteiger partial charge in [-0.2, -0.15) is 0 Å². The first-order valence-electron chi connectivity index (χ1n) is 7.38. The standard InChI is InChI=1S/C18H19NO4/c1-2-23-15-10-8-13(9-11-15)16(12-17(20)21)19-18(22)14-6-4-3-5-7-14/h3-11,16H,2,12H2,1H3,(H,19,22)(H,20,21)/p-1/t16-/m0/s1. The van der Waals surface area contributed by atoms with Gasteiger partial charge in [-0.1, -0.05) is 30.3 Å². The second-order valence-electron chi connectivity index (χ2n) is 4.97. The molecular formula is C18H18NO4-. The number of benzene rings is 2. The Balaban J connectivity index is 2.16. The molecular weight excluding hydrogens is 294 g/mol. The summed E-state index contributed by atoms with van der Waals surface area (Å²) in [6.07, 6.45) is -0.299. The molecule has 1 N–H and O–H groups in total. The molecule has 0 fully saturated rings. The summed E-state index contributed by atoms with van der Waals surface area (Å²) in [5.74, 6) is -0.860. The molecule has 0 radical (unpaired) electrons. The number of carboxylic acid groups (broad SMARTS) is 1. The third-order valence-electron chi connectivity index (χ3n) is 3.31. The highest BCUT2D eigenvalue weighted by Gasteiger charge is 2.16. The SMILES string of the molecule is CCOc1ccc([C@H](CC(=O)[O-])NC(=O)c2ccccc2)cc1. The van der Waals surface area contributed by atoms with E-state index in [1.165, 1.54) is 0 Å². The summed E-state index contributed by atoms with van der Waals surface area (Å²) >= 11 is 0. The fourth-order valence-electron chi connectivity index (χ4n) is 2.21. The summed E-state index contributed by atoms with van der Waals surface area (Å²) in [4.78, 5) is 23.2. The van der Waals surface area contributed by atoms with Gasteiger partial charge in [-0.25, -0.2) is 0 Å². The van der Waals surface area contributed by atoms with Crippen molar-refractivity contribution >= 4 is 11.9 Å². The van der Waals surface area contributed by atoms with Crippen LogP contribution in [0.4, 0.5) is 0 Å². The van der Waals surface area contributed by atoms with E-state index in [2.05, 4.69) is 5.32 Å². The molecule has 0 aliphatic heterocycles. The highest BCUT2D eigenvalue weighted by Crippen LogP contribution is 2.21. The van der Waals surface area contributed by atoms with Crippen molar-refractivity contribution < 1.29 is 19.4 Å². The Bertz CT molecular complexity index is 652. The normalized spacial score (nSPS) is 11.5. The zero-order chi connectivity index (χ0) is 16.7. The van der Waals surface area contributed by atoms with E-state index in [1.54, 1.807) is 48.5 Å². The Morgan fingerprint density at radius 1 is 1.09 bits per heavy atom. The van der Waals surface area contributed by atoms with Crippen molar-refractivity contribution in [2.24, 2.45) is 0 Å². The largest absolute Gasteiger partial charge is 0.550 e. The molecule has 0 saturated carbocycles. The molecule has 5 nitrogen and oxygen atoms in total. The molecule has 0 heterocycles. The fourth-order valence-corrected chi connectivity index (χ4v) is 2.21. The lowest BCUT2D eigenvalue weighted by Gasteiger charge is -2.20. The van der Waals surface area contributed by atoms with Crippen LogP contribution in [-0.4, -0.2) is 18.5 Å². The Hall–Kier alpha value is -2.82. The van der Waals surface area contributed by atoms with E-state index in [0.717, 1.165) is 0 Å². The number of rotatable bonds is 7. The van der Waals surface area contributed by atoms with E-state index in [9.17, 15) is 14.7 Å². The Morgan fingerprint density at radius 3 is 2.30 bits per heavy atom. The molecule has 1 amide bonds. The molecule has 0 bridgehead atoms. The predicted octanol–water partition coefficient (Wildman–Crippen LogP) is 1.70. The van der Waals surface area contributed by atoms with Crippen molar-refractivity contribution in [1.82, 2.24) is 5.32 Å². The molecule has 0 aliphatic carbocycles. The van der Waals surface area contributed by atoms with E-state index in [-0.39, 0.29) is 12.3 Å². The molecule has 0 aliphatic rings. The zero-order valence-electron chi connectivity index (χ0n) is 12.8. The molecule has 23 heavy (non-hydrogen) atoms. The van der Waals surface area contributed by atoms with Gasteiger partial charge in [0.1, 0.15) is 5.75 Å². The lowest BCUT2D eigenvalue weighted by molar-refractivity contribution is -0.306. The molecule has 0 saturated heterocycles. The van der Waals surface area contributed by atoms with Gasteiger partial charge in [0.15, 0.2) is 0 Å². The highest BCUT2D eigenvalue weighted by molar-refractivity contribution is 5.94. The molecule has 5 heteroatoms. The fraction of sp³-hybridized carbons (Fsp3) is 0.222. The van der Waals surface area contributed by atoms with Crippen LogP contribution < -0.4 is 15.2 Å². The average molecular weight is 312 g/mol. The summed E-state index contributed by atoms with van der Waals surface area (Å²) in [6, 6.07) is 15.0. The van der Waals surface area contributed by atoms with Crippen LogP contribution in [0, 0.1) is 0 Å². The van der Waals surface area contributed by atoms with Crippen molar-refractivity contribution in [3.63, 3.8) is 0 Å². The maximum atomic E-state index is 12.2. The Labute approximate surface area is 134 Å². The number of ether oxygens (including phenoxy) is 1. The lowest BCUT2D eigenvalue weighted by atomic mass is 10.0. The minimum absolute atomic E-state index is 0.299. The number of carbonyl (C=O) groups is 2. The molecule has 0 spiro atoms. The van der Waals surface area contributed by atoms with E-state index in [0.29, 0.717) is 23.5 Å². The topological polar surface area (TPSA) is 78.5 Å². The first-order valence-corrected chi connectivity index (χ1v) is 7.38. The van der Waals surface area contributed by atoms with Crippen LogP contribution in [0.1, 0.15) is 35.3 Å². The summed E-state index contributed by atoms with van der Waals surface area (Å²) in [5, 5.41) is 13.7. The predicted molar refractivity (Wildman–Crippen MR) is 83.9 cm³/mol. The molecule has 2 aromatic rings. The summed E-state index contributed by atoms with van der Waals surface area (Å²) in [5.41, 5.74) is 1.16. The first-order chi connectivity index (χ1) is 11.1. The van der Waals surface area contributed by atoms with Gasteiger partial charge in [0.25, 0.3) is 5.91 Å². The van der Waals surface area contributed by atoms with Gasteiger partial charge in [0.05, 0.1) is 12.6 Å². The molecule has 2 rings (SSSR count). The van der Waals surface area contributed by atoms with Crippen LogP contribution in [0.25, 0.3) is 0 Å². The third kappa shape index (κ3) is 4.85. The molecule has 0 unspecified atom stereocenters. The van der Waals surface area contributed by atoms with Crippen molar-refractivity contribution in [1.29, 1.82) is 0 Å². The van der Waals surface area contributed by atoms with Crippen LogP contribution in [0.3, 0.4) is 0 Å². The van der Waals surface area contributed by atoms with E-state index >= 15 is 0 Å². The van der Waals surface area contributed by atoms with E-state index < -0.39 is 12.0 Å². The average Bonchev–Trinajstić information content (AvgIpc) is 2.55. The quantitative estimate of drug-likeness (QED) is 0.844. The molecule has 1 atom stereocenters. The number of carboxylic acids is 1. The molecule has 120 valence electrons. The van der Waals surface area contributed by atoms with Crippen molar-refractivity contribution in [2.75, 3.05) is 6.61 Å². The van der Waals surface area contributed by atoms with Crippen molar-refractivity contribution in [3.8, 4) is 5.75 Å². The van der Waals surface area contributed by atoms with Gasteiger partial charge in [-0.15, -0.1) is 0 Å². The minimum atomic E-state index is -1.22. The number of carbonyl (C=O) groups excluding carboxylic acids is 2. The molecule has 0 aromatic heterocycles. The number of hydrogen-bond acceptors (Lipinski definition) is 4. The third-order valence-corrected chi connectivity index (χ3v) is 3.31. The van der Waals surface area contributed by atoms with Crippen LogP contribution in [0.15, 0.2) is 54.6 Å². The maximum absolute atomic E-state index is 12.2. The summed E-state index contributed by atoms with van der Waals surface area (Å²) < 4.78 is 5.36. The summed E-state index contributed by atoms with van der Waals surface area (Å²) in [6.45, 7) is 2.43. The number of nitrogens with one attached hydrogen (secondary N) is 1. The van der Waals surface area contributed by atoms with Crippen LogP contribution >= 0.6 is 0 Å². The highest BCUT2D eigenvalue weighted by atomic mass is 16.5. The number of amides is 1. The van der Waals surface area contributed by atoms with Gasteiger partial charge >= 0.3 is 0 Å². The van der Waals surface area contributed by atoms with Gasteiger partial charge in [0.2, 0.25) is 0 Å². The monoisotopic (exact) mass is 312 g/mol. The second-order valence-corrected chi connectivity index (χ2v) is 4.97. The zero-order valence-corrected chi connectivity index (χ0v) is 12.8. The lowest BCUT2D eigenvalue weighted by Crippen LogP contribution is -2.34. The number of aliphatic carboxylic acids is 1. The maximum Gasteiger partial charge on any atom is 0.251 e. The van der Waals surface area contributed by atoms with E-state index in [4.69, 9.17) is 4.74 Å². The van der Waals surface area contributed by atoms with Gasteiger partial charge in [0, 0.05) is 18.0 Å². The van der Waals surface area contributed by atoms with Crippen molar-refractivity contribution in [3.05, 3.63) is 65.7 Å². The van der Waals surface area contributed by atoms with Crippen LogP contribution in [0.2, 0.25) is 0 Å². The smallest absolute Gasteiger partial charge is 0.251 e. The first kappa shape index (κ1) is 16.5. The van der Waals surface area contributed by atoms with E-state index in [1.807, 2.05) is 13.0 Å². The summed E-state index contributed by atoms with van der Waals surface area (Å²) in [7, 11) is 0. The van der Waals surface area contributed by atoms with Crippen LogP contribution in [0.5, 0.6) is 5.75 Å². The Morgan fingerprint density at radius 2 is 1.74 bits per heavy atom. The number of hydrogen-bond donors (Lipinski definition) is 1. The van der Waals surface area contributed by atoms with Gasteiger partial charge < -0.3 is 20.0 Å². The second kappa shape index (κ2) is 7.98. The van der Waals surface area contributed by atoms with Gasteiger partial charge in [-0.3, -0.25) is 4.79 Å². The van der Waals surface area contributed by atoms with Crippen molar-refractivity contribution in [2.45, 2.75) is 19.4 Å². The van der Waals surface area contributed by atoms with Gasteiger partial charge in [-0.05, 0) is 36.8 Å².